The van der Waals surface area contributed by atoms with Gasteiger partial charge in [-0.2, -0.15) is 0 Å². The highest BCUT2D eigenvalue weighted by molar-refractivity contribution is 5.77. The highest BCUT2D eigenvalue weighted by atomic mass is 16.2. The third kappa shape index (κ3) is 2.98. The molecule has 0 unspecified atom stereocenters. The number of nitrogens with one attached hydrogen (secondary N) is 1. The first kappa shape index (κ1) is 16.4. The molecule has 2 aromatic heterocycles. The summed E-state index contributed by atoms with van der Waals surface area (Å²) in [5, 5.41) is 3.42. The molecule has 6 nitrogen and oxygen atoms in total. The van der Waals surface area contributed by atoms with Crippen LogP contribution in [0, 0.1) is 0 Å². The molecule has 0 bridgehead atoms. The Labute approximate surface area is 150 Å². The Hall–Kier alpha value is -3.02. The zero-order chi connectivity index (χ0) is 18.0. The maximum absolute atomic E-state index is 12.5. The van der Waals surface area contributed by atoms with Gasteiger partial charge in [0, 0.05) is 18.2 Å². The smallest absolute Gasteiger partial charge is 0.263 e. The van der Waals surface area contributed by atoms with Crippen molar-refractivity contribution in [1.29, 1.82) is 0 Å². The van der Waals surface area contributed by atoms with Crippen molar-refractivity contribution in [1.82, 2.24) is 19.9 Å². The Morgan fingerprint density at radius 3 is 2.65 bits per heavy atom. The number of amides is 1. The molecule has 0 atom stereocenters. The molecule has 0 saturated heterocycles. The van der Waals surface area contributed by atoms with Crippen molar-refractivity contribution < 1.29 is 4.79 Å². The van der Waals surface area contributed by atoms with Gasteiger partial charge in [-0.25, -0.2) is 9.97 Å². The van der Waals surface area contributed by atoms with Crippen LogP contribution < -0.4 is 10.9 Å². The van der Waals surface area contributed by atoms with Gasteiger partial charge in [-0.05, 0) is 30.5 Å². The number of carbonyl (C=O) groups excluding carboxylic acids is 1. The van der Waals surface area contributed by atoms with E-state index in [9.17, 15) is 9.59 Å². The Kier molecular flexibility index (Phi) is 4.24. The average Bonchev–Trinajstić information content (AvgIpc) is 2.64. The quantitative estimate of drug-likeness (QED) is 0.765. The first-order chi connectivity index (χ1) is 12.7. The van der Waals surface area contributed by atoms with Gasteiger partial charge in [0.15, 0.2) is 5.65 Å². The highest BCUT2D eigenvalue weighted by Crippen LogP contribution is 2.43. The van der Waals surface area contributed by atoms with Crippen molar-refractivity contribution in [2.75, 3.05) is 6.54 Å². The minimum Gasteiger partial charge on any atom is -0.354 e. The first-order valence-electron chi connectivity index (χ1n) is 8.80. The summed E-state index contributed by atoms with van der Waals surface area (Å²) < 4.78 is 1.33. The van der Waals surface area contributed by atoms with Crippen molar-refractivity contribution in [3.8, 4) is 0 Å². The standard InChI is InChI=1S/C20H20N4O2/c25-17(12-24-14-23-18-16(19(24)26)8-4-11-21-18)22-13-20(9-5-10-20)15-6-2-1-3-7-15/h1-4,6-8,11,14H,5,9-10,12-13H2,(H,22,25). The molecule has 2 heterocycles. The molecular formula is C20H20N4O2. The molecular weight excluding hydrogens is 328 g/mol. The second-order valence-corrected chi connectivity index (χ2v) is 6.83. The summed E-state index contributed by atoms with van der Waals surface area (Å²) in [5.74, 6) is -0.181. The predicted molar refractivity (Wildman–Crippen MR) is 98.8 cm³/mol. The van der Waals surface area contributed by atoms with E-state index in [1.165, 1.54) is 22.9 Å². The lowest BCUT2D eigenvalue weighted by Crippen LogP contribution is -2.46. The van der Waals surface area contributed by atoms with E-state index < -0.39 is 0 Å². The molecule has 1 aromatic carbocycles. The number of fused-ring (bicyclic) bond motifs is 1. The molecule has 6 heteroatoms. The number of benzene rings is 1. The van der Waals surface area contributed by atoms with Crippen molar-refractivity contribution in [3.05, 3.63) is 70.9 Å². The summed E-state index contributed by atoms with van der Waals surface area (Å²) in [6.07, 6.45) is 6.29. The lowest BCUT2D eigenvalue weighted by atomic mass is 9.64. The average molecular weight is 348 g/mol. The molecule has 1 saturated carbocycles. The Morgan fingerprint density at radius 2 is 1.92 bits per heavy atom. The molecule has 132 valence electrons. The molecule has 1 amide bonds. The van der Waals surface area contributed by atoms with Crippen LogP contribution in [0.15, 0.2) is 59.8 Å². The van der Waals surface area contributed by atoms with Gasteiger partial charge >= 0.3 is 0 Å². The third-order valence-electron chi connectivity index (χ3n) is 5.23. The minimum absolute atomic E-state index is 0.0213. The van der Waals surface area contributed by atoms with E-state index in [0.29, 0.717) is 17.6 Å². The molecule has 0 spiro atoms. The fourth-order valence-corrected chi connectivity index (χ4v) is 3.55. The second-order valence-electron chi connectivity index (χ2n) is 6.83. The fraction of sp³-hybridized carbons (Fsp3) is 0.300. The SMILES string of the molecule is O=C(Cn1cnc2ncccc2c1=O)NCC1(c2ccccc2)CCC1. The van der Waals surface area contributed by atoms with Gasteiger partial charge in [0.05, 0.1) is 5.39 Å². The van der Waals surface area contributed by atoms with Crippen LogP contribution in [-0.2, 0) is 16.8 Å². The van der Waals surface area contributed by atoms with Gasteiger partial charge < -0.3 is 5.32 Å². The van der Waals surface area contributed by atoms with E-state index in [1.807, 2.05) is 18.2 Å². The number of pyridine rings is 1. The van der Waals surface area contributed by atoms with Crippen molar-refractivity contribution in [2.24, 2.45) is 0 Å². The van der Waals surface area contributed by atoms with Crippen LogP contribution in [0.4, 0.5) is 0 Å². The molecule has 1 fully saturated rings. The van der Waals surface area contributed by atoms with Gasteiger partial charge in [0.1, 0.15) is 12.9 Å². The van der Waals surface area contributed by atoms with Crippen molar-refractivity contribution in [2.45, 2.75) is 31.2 Å². The molecule has 3 aromatic rings. The van der Waals surface area contributed by atoms with Crippen LogP contribution in [0.25, 0.3) is 11.0 Å². The van der Waals surface area contributed by atoms with Crippen molar-refractivity contribution in [3.63, 3.8) is 0 Å². The number of hydrogen-bond acceptors (Lipinski definition) is 4. The van der Waals surface area contributed by atoms with E-state index in [1.54, 1.807) is 18.3 Å². The zero-order valence-corrected chi connectivity index (χ0v) is 14.4. The largest absolute Gasteiger partial charge is 0.354 e. The second kappa shape index (κ2) is 6.71. The summed E-state index contributed by atoms with van der Waals surface area (Å²) in [4.78, 5) is 33.1. The fourth-order valence-electron chi connectivity index (χ4n) is 3.55. The van der Waals surface area contributed by atoms with Gasteiger partial charge in [0.2, 0.25) is 5.91 Å². The predicted octanol–water partition coefficient (Wildman–Crippen LogP) is 2.03. The van der Waals surface area contributed by atoms with E-state index in [-0.39, 0.29) is 23.4 Å². The summed E-state index contributed by atoms with van der Waals surface area (Å²) in [6.45, 7) is 0.550. The summed E-state index contributed by atoms with van der Waals surface area (Å²) in [7, 11) is 0. The first-order valence-corrected chi connectivity index (χ1v) is 8.80. The van der Waals surface area contributed by atoms with Crippen LogP contribution in [0.2, 0.25) is 0 Å². The normalized spacial score (nSPS) is 15.4. The molecule has 1 N–H and O–H groups in total. The summed E-state index contributed by atoms with van der Waals surface area (Å²) in [6, 6.07) is 13.7. The maximum Gasteiger partial charge on any atom is 0.263 e. The minimum atomic E-state index is -0.250. The van der Waals surface area contributed by atoms with Crippen molar-refractivity contribution >= 4 is 16.9 Å². The molecule has 0 aliphatic heterocycles. The third-order valence-corrected chi connectivity index (χ3v) is 5.23. The molecule has 1 aliphatic carbocycles. The van der Waals surface area contributed by atoms with Gasteiger partial charge in [-0.1, -0.05) is 36.8 Å². The van der Waals surface area contributed by atoms with Crippen LogP contribution in [0.3, 0.4) is 0 Å². The van der Waals surface area contributed by atoms with Crippen LogP contribution in [0.5, 0.6) is 0 Å². The van der Waals surface area contributed by atoms with Crippen LogP contribution in [-0.4, -0.2) is 27.0 Å². The van der Waals surface area contributed by atoms with Crippen LogP contribution >= 0.6 is 0 Å². The summed E-state index contributed by atoms with van der Waals surface area (Å²) >= 11 is 0. The van der Waals surface area contributed by atoms with Gasteiger partial charge in [0.25, 0.3) is 5.56 Å². The molecule has 1 aliphatic rings. The number of hydrogen-bond donors (Lipinski definition) is 1. The Morgan fingerprint density at radius 1 is 1.12 bits per heavy atom. The van der Waals surface area contributed by atoms with Gasteiger partial charge in [-0.15, -0.1) is 0 Å². The monoisotopic (exact) mass is 348 g/mol. The maximum atomic E-state index is 12.5. The Balaban J connectivity index is 1.46. The molecule has 26 heavy (non-hydrogen) atoms. The summed E-state index contributed by atoms with van der Waals surface area (Å²) in [5.41, 5.74) is 1.43. The lowest BCUT2D eigenvalue weighted by molar-refractivity contribution is -0.122. The van der Waals surface area contributed by atoms with Crippen LogP contribution in [0.1, 0.15) is 24.8 Å². The number of rotatable bonds is 5. The number of carbonyl (C=O) groups is 1. The van der Waals surface area contributed by atoms with E-state index >= 15 is 0 Å². The lowest BCUT2D eigenvalue weighted by Gasteiger charge is -2.42. The Bertz CT molecular complexity index is 993. The highest BCUT2D eigenvalue weighted by Gasteiger charge is 2.38. The van der Waals surface area contributed by atoms with Gasteiger partial charge in [-0.3, -0.25) is 14.2 Å². The van der Waals surface area contributed by atoms with E-state index in [2.05, 4.69) is 27.4 Å². The zero-order valence-electron chi connectivity index (χ0n) is 14.4. The topological polar surface area (TPSA) is 76.9 Å². The number of nitrogens with zero attached hydrogens (tertiary/aromatic N) is 3. The molecule has 0 radical (unpaired) electrons. The molecule has 4 rings (SSSR count). The van der Waals surface area contributed by atoms with E-state index in [4.69, 9.17) is 0 Å². The number of aromatic nitrogens is 3. The van der Waals surface area contributed by atoms with E-state index in [0.717, 1.165) is 12.8 Å².